The molecule has 1 saturated carbocycles. The normalized spacial score (nSPS) is 26.0. The van der Waals surface area contributed by atoms with Gasteiger partial charge in [0.2, 0.25) is 0 Å². The van der Waals surface area contributed by atoms with Crippen molar-refractivity contribution in [1.29, 1.82) is 0 Å². The number of piperidine rings is 1. The predicted octanol–water partition coefficient (Wildman–Crippen LogP) is 7.46. The van der Waals surface area contributed by atoms with Crippen LogP contribution in [0.5, 0.6) is 0 Å². The molecule has 196 valence electrons. The van der Waals surface area contributed by atoms with Crippen molar-refractivity contribution in [2.75, 3.05) is 26.2 Å². The Morgan fingerprint density at radius 2 is 1.78 bits per heavy atom. The summed E-state index contributed by atoms with van der Waals surface area (Å²) in [6.07, 6.45) is 12.5. The maximum Gasteiger partial charge on any atom is 0.309 e. The highest BCUT2D eigenvalue weighted by Gasteiger charge is 2.45. The first-order valence-corrected chi connectivity index (χ1v) is 14.1. The third-order valence-electron chi connectivity index (χ3n) is 9.12. The molecule has 2 unspecified atom stereocenters. The summed E-state index contributed by atoms with van der Waals surface area (Å²) < 4.78 is 5.18. The summed E-state index contributed by atoms with van der Waals surface area (Å²) in [5.74, 6) is 1.31. The van der Waals surface area contributed by atoms with Gasteiger partial charge >= 0.3 is 5.97 Å². The van der Waals surface area contributed by atoms with Crippen LogP contribution in [0.25, 0.3) is 5.57 Å². The Kier molecular flexibility index (Phi) is 8.00. The predicted molar refractivity (Wildman–Crippen MR) is 151 cm³/mol. The van der Waals surface area contributed by atoms with E-state index < -0.39 is 0 Å². The number of hydrogen-bond donors (Lipinski definition) is 0. The number of fused-ring (bicyclic) bond motifs is 1. The Bertz CT molecular complexity index is 1040. The van der Waals surface area contributed by atoms with Crippen molar-refractivity contribution < 1.29 is 9.53 Å². The van der Waals surface area contributed by atoms with Gasteiger partial charge in [0.1, 0.15) is 0 Å². The average molecular weight is 490 g/mol. The Morgan fingerprint density at radius 3 is 2.44 bits per heavy atom. The molecule has 3 heteroatoms. The van der Waals surface area contributed by atoms with Crippen LogP contribution in [0.2, 0.25) is 0 Å². The van der Waals surface area contributed by atoms with Crippen LogP contribution in [0.4, 0.5) is 0 Å². The van der Waals surface area contributed by atoms with E-state index in [0.717, 1.165) is 31.6 Å². The standard InChI is InChI=1S/C33H47NO2/c1-8-36-31(35)28-20-27(28)22-34-18-14-25(15-19-34)23(2)10-9-11-24(3)26-12-13-29-30(21-26)33(6,7)17-16-32(29,4)5/h9-13,21,25,27-28H,3,8,14-20,22H2,1-2,4-7H3/b11-9-,23-10+. The Morgan fingerprint density at radius 1 is 1.11 bits per heavy atom. The number of esters is 1. The minimum Gasteiger partial charge on any atom is -0.466 e. The summed E-state index contributed by atoms with van der Waals surface area (Å²) in [6.45, 7) is 21.8. The molecule has 0 bridgehead atoms. The maximum absolute atomic E-state index is 11.9. The fourth-order valence-corrected chi connectivity index (χ4v) is 6.23. The van der Waals surface area contributed by atoms with Gasteiger partial charge in [-0.15, -0.1) is 0 Å². The Balaban J connectivity index is 1.29. The lowest BCUT2D eigenvalue weighted by Gasteiger charge is -2.42. The monoisotopic (exact) mass is 489 g/mol. The van der Waals surface area contributed by atoms with Gasteiger partial charge in [-0.05, 0) is 104 Å². The van der Waals surface area contributed by atoms with E-state index in [1.165, 1.54) is 47.9 Å². The van der Waals surface area contributed by atoms with Gasteiger partial charge in [-0.25, -0.2) is 0 Å². The molecule has 2 fully saturated rings. The van der Waals surface area contributed by atoms with Gasteiger partial charge in [0.15, 0.2) is 0 Å². The van der Waals surface area contributed by atoms with Crippen LogP contribution < -0.4 is 0 Å². The van der Waals surface area contributed by atoms with Crippen LogP contribution in [0.3, 0.4) is 0 Å². The van der Waals surface area contributed by atoms with Crippen LogP contribution in [-0.4, -0.2) is 37.1 Å². The molecule has 2 atom stereocenters. The van der Waals surface area contributed by atoms with E-state index in [1.807, 2.05) is 6.92 Å². The number of ether oxygens (including phenoxy) is 1. The fraction of sp³-hybridized carbons (Fsp3) is 0.606. The first-order valence-electron chi connectivity index (χ1n) is 14.1. The van der Waals surface area contributed by atoms with E-state index in [0.29, 0.717) is 18.4 Å². The minimum atomic E-state index is 0.00692. The molecule has 36 heavy (non-hydrogen) atoms. The molecule has 3 aliphatic rings. The number of carbonyl (C=O) groups is 1. The van der Waals surface area contributed by atoms with Crippen LogP contribution in [0.15, 0.2) is 48.6 Å². The molecule has 4 rings (SSSR count). The highest BCUT2D eigenvalue weighted by atomic mass is 16.5. The summed E-state index contributed by atoms with van der Waals surface area (Å²) in [7, 11) is 0. The summed E-state index contributed by atoms with van der Waals surface area (Å²) in [5, 5.41) is 0. The van der Waals surface area contributed by atoms with E-state index >= 15 is 0 Å². The highest BCUT2D eigenvalue weighted by Crippen LogP contribution is 2.46. The van der Waals surface area contributed by atoms with Gasteiger partial charge in [0, 0.05) is 6.54 Å². The smallest absolute Gasteiger partial charge is 0.309 e. The van der Waals surface area contributed by atoms with Crippen molar-refractivity contribution in [1.82, 2.24) is 4.90 Å². The number of allylic oxidation sites excluding steroid dienone is 5. The van der Waals surface area contributed by atoms with Gasteiger partial charge in [-0.3, -0.25) is 4.79 Å². The van der Waals surface area contributed by atoms with Crippen LogP contribution in [-0.2, 0) is 20.4 Å². The zero-order valence-electron chi connectivity index (χ0n) is 23.5. The van der Waals surface area contributed by atoms with Gasteiger partial charge in [-0.1, -0.05) is 76.3 Å². The molecule has 0 aromatic heterocycles. The van der Waals surface area contributed by atoms with Gasteiger partial charge in [0.05, 0.1) is 12.5 Å². The number of rotatable bonds is 8. The summed E-state index contributed by atoms with van der Waals surface area (Å²) in [5.41, 5.74) is 7.23. The molecular weight excluding hydrogens is 442 g/mol. The van der Waals surface area contributed by atoms with E-state index in [9.17, 15) is 4.79 Å². The van der Waals surface area contributed by atoms with Gasteiger partial charge < -0.3 is 9.64 Å². The van der Waals surface area contributed by atoms with Crippen molar-refractivity contribution in [2.24, 2.45) is 17.8 Å². The third-order valence-corrected chi connectivity index (χ3v) is 9.12. The highest BCUT2D eigenvalue weighted by molar-refractivity contribution is 5.75. The molecule has 1 aromatic carbocycles. The van der Waals surface area contributed by atoms with Crippen molar-refractivity contribution in [2.45, 2.75) is 84.5 Å². The maximum atomic E-state index is 11.9. The Hall–Kier alpha value is -2.13. The van der Waals surface area contributed by atoms with Crippen LogP contribution >= 0.6 is 0 Å². The lowest BCUT2D eigenvalue weighted by Crippen LogP contribution is -2.35. The van der Waals surface area contributed by atoms with Crippen molar-refractivity contribution in [3.63, 3.8) is 0 Å². The molecular formula is C33H47NO2. The first-order chi connectivity index (χ1) is 17.0. The van der Waals surface area contributed by atoms with Crippen molar-refractivity contribution in [3.05, 3.63) is 65.3 Å². The quantitative estimate of drug-likeness (QED) is 0.280. The SMILES string of the molecule is C=C(/C=C\C=C(/C)C1CCN(CC2CC2C(=O)OCC)CC1)c1ccc2c(c1)C(C)(C)CCC2(C)C. The average Bonchev–Trinajstić information content (AvgIpc) is 3.61. The summed E-state index contributed by atoms with van der Waals surface area (Å²) >= 11 is 0. The molecule has 1 saturated heterocycles. The molecule has 0 amide bonds. The van der Waals surface area contributed by atoms with Gasteiger partial charge in [0.25, 0.3) is 0 Å². The van der Waals surface area contributed by atoms with E-state index in [1.54, 1.807) is 0 Å². The number of carbonyl (C=O) groups excluding carboxylic acids is 1. The largest absolute Gasteiger partial charge is 0.466 e. The fourth-order valence-electron chi connectivity index (χ4n) is 6.23. The summed E-state index contributed by atoms with van der Waals surface area (Å²) in [6, 6.07) is 6.99. The number of benzene rings is 1. The van der Waals surface area contributed by atoms with E-state index in [2.05, 4.69) is 82.5 Å². The second kappa shape index (κ2) is 10.7. The topological polar surface area (TPSA) is 29.5 Å². The Labute approximate surface area is 219 Å². The van der Waals surface area contributed by atoms with Crippen molar-refractivity contribution >= 4 is 11.5 Å². The summed E-state index contributed by atoms with van der Waals surface area (Å²) in [4.78, 5) is 14.4. The van der Waals surface area contributed by atoms with Crippen molar-refractivity contribution in [3.8, 4) is 0 Å². The lowest BCUT2D eigenvalue weighted by atomic mass is 9.63. The number of likely N-dealkylation sites (tertiary alicyclic amines) is 1. The second-order valence-corrected chi connectivity index (χ2v) is 12.8. The molecule has 0 radical (unpaired) electrons. The molecule has 1 heterocycles. The number of hydrogen-bond acceptors (Lipinski definition) is 3. The van der Waals surface area contributed by atoms with E-state index in [-0.39, 0.29) is 22.7 Å². The second-order valence-electron chi connectivity index (χ2n) is 12.8. The first kappa shape index (κ1) is 26.9. The third kappa shape index (κ3) is 6.05. The zero-order chi connectivity index (χ0) is 26.1. The molecule has 2 aliphatic carbocycles. The molecule has 0 N–H and O–H groups in total. The zero-order valence-corrected chi connectivity index (χ0v) is 23.5. The van der Waals surface area contributed by atoms with Crippen LogP contribution in [0, 0.1) is 17.8 Å². The minimum absolute atomic E-state index is 0.00692. The molecule has 3 nitrogen and oxygen atoms in total. The lowest BCUT2D eigenvalue weighted by molar-refractivity contribution is -0.145. The van der Waals surface area contributed by atoms with Crippen LogP contribution in [0.1, 0.15) is 90.3 Å². The molecule has 1 aromatic rings. The number of nitrogens with zero attached hydrogens (tertiary/aromatic N) is 1. The van der Waals surface area contributed by atoms with Gasteiger partial charge in [-0.2, -0.15) is 0 Å². The molecule has 1 aliphatic heterocycles. The molecule has 0 spiro atoms. The van der Waals surface area contributed by atoms with E-state index in [4.69, 9.17) is 4.74 Å².